The summed E-state index contributed by atoms with van der Waals surface area (Å²) in [5, 5.41) is 19.1. The van der Waals surface area contributed by atoms with Crippen molar-refractivity contribution in [1.82, 2.24) is 14.4 Å². The molecule has 0 fully saturated rings. The summed E-state index contributed by atoms with van der Waals surface area (Å²) in [4.78, 5) is 28.1. The zero-order chi connectivity index (χ0) is 30.8. The lowest BCUT2D eigenvalue weighted by molar-refractivity contribution is 0.0389. The normalized spacial score (nSPS) is 18.1. The maximum atomic E-state index is 13.7. The second kappa shape index (κ2) is 12.5. The standard InChI is InChI=1S/C28H34FN5O7S/c1-16-13-34(17(2)15-35)27(36)22-7-6-8-23(30-28(37)31-25-18(3)32-41-19(25)4)26(22)40-24(16)14-33(5)42(38,39)21-11-9-20(29)10-12-21/h6-12,16-17,24,35H,13-15H2,1-5H3,(H2,30,31,37)/t16-,17-,24-/m1/s1. The first kappa shape index (κ1) is 30.9. The summed E-state index contributed by atoms with van der Waals surface area (Å²) in [5.41, 5.74) is 1.17. The number of anilines is 2. The van der Waals surface area contributed by atoms with Gasteiger partial charge in [0.15, 0.2) is 11.5 Å². The zero-order valence-corrected chi connectivity index (χ0v) is 24.7. The Bertz CT molecular complexity index is 1540. The molecule has 12 nitrogen and oxygen atoms in total. The van der Waals surface area contributed by atoms with Gasteiger partial charge in [0.2, 0.25) is 10.0 Å². The molecule has 42 heavy (non-hydrogen) atoms. The van der Waals surface area contributed by atoms with Crippen LogP contribution in [0.3, 0.4) is 0 Å². The topological polar surface area (TPSA) is 154 Å². The molecule has 0 spiro atoms. The summed E-state index contributed by atoms with van der Waals surface area (Å²) in [6.07, 6.45) is -0.793. The highest BCUT2D eigenvalue weighted by Crippen LogP contribution is 2.35. The molecule has 0 radical (unpaired) electrons. The van der Waals surface area contributed by atoms with Crippen LogP contribution < -0.4 is 15.4 Å². The van der Waals surface area contributed by atoms with Crippen LogP contribution >= 0.6 is 0 Å². The van der Waals surface area contributed by atoms with E-state index in [9.17, 15) is 27.5 Å². The molecule has 2 heterocycles. The number of aromatic nitrogens is 1. The number of benzene rings is 2. The van der Waals surface area contributed by atoms with Gasteiger partial charge in [0.25, 0.3) is 5.91 Å². The Labute approximate surface area is 243 Å². The van der Waals surface area contributed by atoms with Gasteiger partial charge < -0.3 is 29.9 Å². The smallest absolute Gasteiger partial charge is 0.323 e. The molecule has 0 bridgehead atoms. The number of ether oxygens (including phenoxy) is 1. The van der Waals surface area contributed by atoms with E-state index < -0.39 is 45.8 Å². The van der Waals surface area contributed by atoms with E-state index in [2.05, 4.69) is 15.8 Å². The summed E-state index contributed by atoms with van der Waals surface area (Å²) < 4.78 is 52.6. The van der Waals surface area contributed by atoms with Gasteiger partial charge in [0, 0.05) is 19.5 Å². The number of nitrogens with one attached hydrogen (secondary N) is 2. The van der Waals surface area contributed by atoms with E-state index in [-0.39, 0.29) is 41.6 Å². The van der Waals surface area contributed by atoms with Crippen LogP contribution in [-0.4, -0.2) is 78.7 Å². The molecular formula is C28H34FN5O7S. The Morgan fingerprint density at radius 3 is 2.52 bits per heavy atom. The predicted octanol–water partition coefficient (Wildman–Crippen LogP) is 3.62. The lowest BCUT2D eigenvalue weighted by atomic mass is 9.99. The molecule has 2 aromatic carbocycles. The monoisotopic (exact) mass is 603 g/mol. The lowest BCUT2D eigenvalue weighted by Crippen LogP contribution is -2.50. The highest BCUT2D eigenvalue weighted by atomic mass is 32.2. The second-order valence-corrected chi connectivity index (χ2v) is 12.4. The SMILES string of the molecule is Cc1noc(C)c1NC(=O)Nc1cccc2c1O[C@H](CN(C)S(=O)(=O)c1ccc(F)cc1)[C@H](C)CN([C@H](C)CO)C2=O. The van der Waals surface area contributed by atoms with E-state index >= 15 is 0 Å². The minimum Gasteiger partial charge on any atom is -0.486 e. The van der Waals surface area contributed by atoms with E-state index in [0.717, 1.165) is 16.4 Å². The minimum atomic E-state index is -4.02. The number of aryl methyl sites for hydroxylation is 2. The molecule has 4 rings (SSSR count). The van der Waals surface area contributed by atoms with Crippen molar-refractivity contribution >= 4 is 33.3 Å². The number of aliphatic hydroxyl groups is 1. The van der Waals surface area contributed by atoms with Crippen molar-refractivity contribution in [3.63, 3.8) is 0 Å². The number of carbonyl (C=O) groups excluding carboxylic acids is 2. The molecule has 0 saturated carbocycles. The number of hydrogen-bond acceptors (Lipinski definition) is 8. The number of para-hydroxylation sites is 1. The van der Waals surface area contributed by atoms with Gasteiger partial charge in [-0.2, -0.15) is 4.31 Å². The summed E-state index contributed by atoms with van der Waals surface area (Å²) in [7, 11) is -2.63. The van der Waals surface area contributed by atoms with Gasteiger partial charge in [0.05, 0.1) is 35.3 Å². The largest absolute Gasteiger partial charge is 0.486 e. The highest BCUT2D eigenvalue weighted by Gasteiger charge is 2.36. The number of nitrogens with zero attached hydrogens (tertiary/aromatic N) is 3. The van der Waals surface area contributed by atoms with Gasteiger partial charge in [0.1, 0.15) is 23.3 Å². The molecule has 0 unspecified atom stereocenters. The van der Waals surface area contributed by atoms with Crippen LogP contribution in [-0.2, 0) is 10.0 Å². The third kappa shape index (κ3) is 6.40. The zero-order valence-electron chi connectivity index (χ0n) is 23.9. The number of aliphatic hydroxyl groups excluding tert-OH is 1. The van der Waals surface area contributed by atoms with Crippen LogP contribution in [0, 0.1) is 25.6 Å². The van der Waals surface area contributed by atoms with Crippen molar-refractivity contribution in [2.45, 2.75) is 44.7 Å². The summed E-state index contributed by atoms with van der Waals surface area (Å²) in [6.45, 7) is 6.56. The molecular weight excluding hydrogens is 569 g/mol. The molecule has 14 heteroatoms. The molecule has 0 saturated heterocycles. The highest BCUT2D eigenvalue weighted by molar-refractivity contribution is 7.89. The van der Waals surface area contributed by atoms with Gasteiger partial charge in [-0.3, -0.25) is 4.79 Å². The van der Waals surface area contributed by atoms with Crippen LogP contribution in [0.4, 0.5) is 20.6 Å². The number of rotatable bonds is 8. The molecule has 3 amide bonds. The Balaban J connectivity index is 1.70. The maximum absolute atomic E-state index is 13.7. The number of sulfonamides is 1. The van der Waals surface area contributed by atoms with E-state index in [4.69, 9.17) is 9.26 Å². The molecule has 226 valence electrons. The number of halogens is 1. The Morgan fingerprint density at radius 2 is 1.90 bits per heavy atom. The summed E-state index contributed by atoms with van der Waals surface area (Å²) >= 11 is 0. The van der Waals surface area contributed by atoms with Crippen LogP contribution in [0.5, 0.6) is 5.75 Å². The molecule has 1 aliphatic heterocycles. The van der Waals surface area contributed by atoms with Crippen LogP contribution in [0.2, 0.25) is 0 Å². The predicted molar refractivity (Wildman–Crippen MR) is 152 cm³/mol. The summed E-state index contributed by atoms with van der Waals surface area (Å²) in [6, 6.07) is 7.99. The number of likely N-dealkylation sites (N-methyl/N-ethyl adjacent to an activating group) is 1. The van der Waals surface area contributed by atoms with E-state index in [0.29, 0.717) is 17.1 Å². The Morgan fingerprint density at radius 1 is 1.21 bits per heavy atom. The molecule has 0 aliphatic carbocycles. The van der Waals surface area contributed by atoms with E-state index in [1.54, 1.807) is 39.8 Å². The second-order valence-electron chi connectivity index (χ2n) is 10.3. The molecule has 3 aromatic rings. The molecule has 1 aromatic heterocycles. The van der Waals surface area contributed by atoms with E-state index in [1.807, 2.05) is 0 Å². The van der Waals surface area contributed by atoms with Crippen molar-refractivity contribution in [3.8, 4) is 5.75 Å². The van der Waals surface area contributed by atoms with Crippen molar-refractivity contribution in [2.24, 2.45) is 5.92 Å². The van der Waals surface area contributed by atoms with E-state index in [1.165, 1.54) is 30.1 Å². The van der Waals surface area contributed by atoms with Gasteiger partial charge in [-0.1, -0.05) is 18.1 Å². The van der Waals surface area contributed by atoms with Crippen LogP contribution in [0.15, 0.2) is 51.9 Å². The third-order valence-electron chi connectivity index (χ3n) is 7.17. The van der Waals surface area contributed by atoms with Gasteiger partial charge >= 0.3 is 6.03 Å². The maximum Gasteiger partial charge on any atom is 0.323 e. The third-order valence-corrected chi connectivity index (χ3v) is 9.01. The van der Waals surface area contributed by atoms with Gasteiger partial charge in [-0.15, -0.1) is 0 Å². The first-order valence-corrected chi connectivity index (χ1v) is 14.7. The minimum absolute atomic E-state index is 0.0516. The lowest BCUT2D eigenvalue weighted by Gasteiger charge is -2.38. The number of urea groups is 1. The number of fused-ring (bicyclic) bond motifs is 1. The van der Waals surface area contributed by atoms with Gasteiger partial charge in [-0.25, -0.2) is 17.6 Å². The Hall–Kier alpha value is -4.01. The van der Waals surface area contributed by atoms with Crippen LogP contribution in [0.1, 0.15) is 35.7 Å². The molecule has 1 aliphatic rings. The van der Waals surface area contributed by atoms with Crippen molar-refractivity contribution in [3.05, 3.63) is 65.3 Å². The van der Waals surface area contributed by atoms with Gasteiger partial charge in [-0.05, 0) is 57.2 Å². The summed E-state index contributed by atoms with van der Waals surface area (Å²) in [5.74, 6) is -0.933. The number of carbonyl (C=O) groups is 2. The van der Waals surface area contributed by atoms with Crippen molar-refractivity contribution < 1.29 is 36.8 Å². The number of amides is 3. The molecule has 3 N–H and O–H groups in total. The fraction of sp³-hybridized carbons (Fsp3) is 0.393. The average molecular weight is 604 g/mol. The Kier molecular flexibility index (Phi) is 9.18. The fourth-order valence-electron chi connectivity index (χ4n) is 4.63. The quantitative estimate of drug-likeness (QED) is 0.353. The average Bonchev–Trinajstić information content (AvgIpc) is 3.26. The molecule has 3 atom stereocenters. The van der Waals surface area contributed by atoms with Crippen molar-refractivity contribution in [1.29, 1.82) is 0 Å². The number of hydrogen-bond donors (Lipinski definition) is 3. The van der Waals surface area contributed by atoms with Crippen LogP contribution in [0.25, 0.3) is 0 Å². The fourth-order valence-corrected chi connectivity index (χ4v) is 5.81. The van der Waals surface area contributed by atoms with Crippen molar-refractivity contribution in [2.75, 3.05) is 37.4 Å². The first-order chi connectivity index (χ1) is 19.8. The first-order valence-electron chi connectivity index (χ1n) is 13.3.